The second-order valence-electron chi connectivity index (χ2n) is 6.23. The summed E-state index contributed by atoms with van der Waals surface area (Å²) in [6.07, 6.45) is 3.58. The predicted molar refractivity (Wildman–Crippen MR) is 81.0 cm³/mol. The summed E-state index contributed by atoms with van der Waals surface area (Å²) in [6.45, 7) is 5.70. The number of aliphatic imine (C=N–C) groups is 1. The number of piperidine rings is 1. The summed E-state index contributed by atoms with van der Waals surface area (Å²) in [6, 6.07) is 0. The lowest BCUT2D eigenvalue weighted by Gasteiger charge is -2.34. The van der Waals surface area contributed by atoms with Crippen molar-refractivity contribution in [3.63, 3.8) is 0 Å². The lowest BCUT2D eigenvalue weighted by atomic mass is 9.80. The van der Waals surface area contributed by atoms with E-state index in [1.807, 2.05) is 0 Å². The number of likely N-dealkylation sites (tertiary alicyclic amines) is 1. The molecular weight excluding hydrogens is 270 g/mol. The van der Waals surface area contributed by atoms with Gasteiger partial charge in [0.2, 0.25) is 0 Å². The summed E-state index contributed by atoms with van der Waals surface area (Å²) in [5, 5.41) is 0. The maximum Gasteiger partial charge on any atom is 0.313 e. The number of methoxy groups -OCH3 is 1. The van der Waals surface area contributed by atoms with E-state index in [2.05, 4.69) is 16.8 Å². The highest BCUT2D eigenvalue weighted by Gasteiger charge is 2.41. The Morgan fingerprint density at radius 1 is 1.38 bits per heavy atom. The van der Waals surface area contributed by atoms with Crippen molar-refractivity contribution < 1.29 is 14.3 Å². The molecule has 2 heterocycles. The fraction of sp³-hybridized carbons (Fsp3) is 0.867. The molecule has 0 atom stereocenters. The van der Waals surface area contributed by atoms with Crippen LogP contribution in [0.15, 0.2) is 4.99 Å². The van der Waals surface area contributed by atoms with Gasteiger partial charge >= 0.3 is 5.97 Å². The Kier molecular flexibility index (Phi) is 5.45. The number of esters is 1. The molecule has 2 fully saturated rings. The van der Waals surface area contributed by atoms with Crippen molar-refractivity contribution in [2.75, 3.05) is 40.0 Å². The van der Waals surface area contributed by atoms with Crippen LogP contribution >= 0.6 is 0 Å². The van der Waals surface area contributed by atoms with Crippen LogP contribution in [0.1, 0.15) is 32.6 Å². The standard InChI is InChI=1S/C15H27N3O3/c1-12-3-7-18(8-4-12)14(16)17-11-15(13(19)20-2)5-9-21-10-6-15/h12H,3-11H2,1-2H3,(H2,16,17). The van der Waals surface area contributed by atoms with Gasteiger partial charge in [-0.25, -0.2) is 0 Å². The molecule has 2 saturated heterocycles. The highest BCUT2D eigenvalue weighted by Crippen LogP contribution is 2.32. The zero-order valence-electron chi connectivity index (χ0n) is 13.1. The molecule has 0 aromatic rings. The zero-order valence-corrected chi connectivity index (χ0v) is 13.1. The quantitative estimate of drug-likeness (QED) is 0.478. The molecular formula is C15H27N3O3. The smallest absolute Gasteiger partial charge is 0.313 e. The molecule has 120 valence electrons. The number of rotatable bonds is 3. The van der Waals surface area contributed by atoms with Crippen LogP contribution in [0.25, 0.3) is 0 Å². The van der Waals surface area contributed by atoms with Crippen LogP contribution < -0.4 is 5.73 Å². The Morgan fingerprint density at radius 3 is 2.57 bits per heavy atom. The molecule has 0 unspecified atom stereocenters. The molecule has 0 saturated carbocycles. The first-order valence-corrected chi connectivity index (χ1v) is 7.78. The second kappa shape index (κ2) is 7.11. The van der Waals surface area contributed by atoms with Gasteiger partial charge in [-0.2, -0.15) is 0 Å². The van der Waals surface area contributed by atoms with Crippen LogP contribution in [-0.4, -0.2) is 56.8 Å². The van der Waals surface area contributed by atoms with Gasteiger partial charge in [-0.1, -0.05) is 6.92 Å². The van der Waals surface area contributed by atoms with Gasteiger partial charge in [-0.15, -0.1) is 0 Å². The Hall–Kier alpha value is -1.30. The number of carbonyl (C=O) groups excluding carboxylic acids is 1. The zero-order chi connectivity index (χ0) is 15.3. The average Bonchev–Trinajstić information content (AvgIpc) is 2.53. The van der Waals surface area contributed by atoms with E-state index in [1.54, 1.807) is 0 Å². The molecule has 6 nitrogen and oxygen atoms in total. The van der Waals surface area contributed by atoms with E-state index in [9.17, 15) is 4.79 Å². The van der Waals surface area contributed by atoms with Gasteiger partial charge in [0.25, 0.3) is 0 Å². The normalized spacial score (nSPS) is 23.9. The van der Waals surface area contributed by atoms with Crippen molar-refractivity contribution >= 4 is 11.9 Å². The van der Waals surface area contributed by atoms with E-state index in [-0.39, 0.29) is 5.97 Å². The topological polar surface area (TPSA) is 77.1 Å². The summed E-state index contributed by atoms with van der Waals surface area (Å²) in [5.74, 6) is 1.11. The van der Waals surface area contributed by atoms with Gasteiger partial charge in [0.05, 0.1) is 19.1 Å². The Bertz CT molecular complexity index is 384. The van der Waals surface area contributed by atoms with Crippen molar-refractivity contribution in [1.29, 1.82) is 0 Å². The summed E-state index contributed by atoms with van der Waals surface area (Å²) >= 11 is 0. The third kappa shape index (κ3) is 3.87. The van der Waals surface area contributed by atoms with Gasteiger partial charge in [0.15, 0.2) is 5.96 Å². The van der Waals surface area contributed by atoms with Crippen LogP contribution in [0.2, 0.25) is 0 Å². The Balaban J connectivity index is 1.99. The van der Waals surface area contributed by atoms with Crippen LogP contribution in [-0.2, 0) is 14.3 Å². The number of hydrogen-bond acceptors (Lipinski definition) is 4. The predicted octanol–water partition coefficient (Wildman–Crippen LogP) is 1.00. The van der Waals surface area contributed by atoms with Crippen LogP contribution in [0.5, 0.6) is 0 Å². The number of nitrogens with zero attached hydrogens (tertiary/aromatic N) is 2. The van der Waals surface area contributed by atoms with Gasteiger partial charge in [0.1, 0.15) is 0 Å². The molecule has 0 bridgehead atoms. The molecule has 0 aliphatic carbocycles. The fourth-order valence-electron chi connectivity index (χ4n) is 2.98. The number of guanidine groups is 1. The third-order valence-electron chi connectivity index (χ3n) is 4.72. The van der Waals surface area contributed by atoms with Gasteiger partial charge in [-0.3, -0.25) is 9.79 Å². The number of nitrogens with two attached hydrogens (primary N) is 1. The van der Waals surface area contributed by atoms with Gasteiger partial charge < -0.3 is 20.1 Å². The van der Waals surface area contributed by atoms with E-state index in [4.69, 9.17) is 15.2 Å². The molecule has 0 aromatic carbocycles. The third-order valence-corrected chi connectivity index (χ3v) is 4.72. The fourth-order valence-corrected chi connectivity index (χ4v) is 2.98. The van der Waals surface area contributed by atoms with E-state index in [1.165, 1.54) is 7.11 Å². The molecule has 2 aliphatic rings. The van der Waals surface area contributed by atoms with Crippen molar-refractivity contribution in [2.24, 2.45) is 22.1 Å². The molecule has 21 heavy (non-hydrogen) atoms. The van der Waals surface area contributed by atoms with Crippen molar-refractivity contribution in [3.05, 3.63) is 0 Å². The second-order valence-corrected chi connectivity index (χ2v) is 6.23. The first kappa shape index (κ1) is 16.1. The summed E-state index contributed by atoms with van der Waals surface area (Å²) in [7, 11) is 1.43. The minimum atomic E-state index is -0.569. The molecule has 2 N–H and O–H groups in total. The molecule has 2 aliphatic heterocycles. The maximum absolute atomic E-state index is 12.1. The minimum Gasteiger partial charge on any atom is -0.469 e. The Labute approximate surface area is 126 Å². The van der Waals surface area contributed by atoms with Crippen LogP contribution in [0.3, 0.4) is 0 Å². The van der Waals surface area contributed by atoms with Gasteiger partial charge in [0, 0.05) is 26.3 Å². The van der Waals surface area contributed by atoms with E-state index >= 15 is 0 Å². The molecule has 0 radical (unpaired) electrons. The molecule has 0 aromatic heterocycles. The van der Waals surface area contributed by atoms with Crippen molar-refractivity contribution in [3.8, 4) is 0 Å². The van der Waals surface area contributed by atoms with Crippen LogP contribution in [0, 0.1) is 11.3 Å². The summed E-state index contributed by atoms with van der Waals surface area (Å²) in [4.78, 5) is 18.7. The lowest BCUT2D eigenvalue weighted by molar-refractivity contribution is -0.157. The maximum atomic E-state index is 12.1. The number of ether oxygens (including phenoxy) is 2. The summed E-state index contributed by atoms with van der Waals surface area (Å²) in [5.41, 5.74) is 5.54. The highest BCUT2D eigenvalue weighted by molar-refractivity contribution is 5.80. The first-order chi connectivity index (χ1) is 10.1. The van der Waals surface area contributed by atoms with E-state index in [0.29, 0.717) is 38.6 Å². The largest absolute Gasteiger partial charge is 0.469 e. The van der Waals surface area contributed by atoms with E-state index < -0.39 is 5.41 Å². The Morgan fingerprint density at radius 2 is 2.00 bits per heavy atom. The molecule has 0 amide bonds. The average molecular weight is 297 g/mol. The van der Waals surface area contributed by atoms with Crippen molar-refractivity contribution in [2.45, 2.75) is 32.6 Å². The first-order valence-electron chi connectivity index (χ1n) is 7.78. The number of hydrogen-bond donors (Lipinski definition) is 1. The summed E-state index contributed by atoms with van der Waals surface area (Å²) < 4.78 is 10.3. The van der Waals surface area contributed by atoms with E-state index in [0.717, 1.165) is 31.8 Å². The molecule has 6 heteroatoms. The monoisotopic (exact) mass is 297 g/mol. The molecule has 0 spiro atoms. The van der Waals surface area contributed by atoms with Crippen LogP contribution in [0.4, 0.5) is 0 Å². The lowest BCUT2D eigenvalue weighted by Crippen LogP contribution is -2.45. The van der Waals surface area contributed by atoms with Gasteiger partial charge in [-0.05, 0) is 31.6 Å². The molecule has 2 rings (SSSR count). The highest BCUT2D eigenvalue weighted by atomic mass is 16.5. The number of carbonyl (C=O) groups is 1. The minimum absolute atomic E-state index is 0.199. The SMILES string of the molecule is COC(=O)C1(CN=C(N)N2CCC(C)CC2)CCOCC1. The van der Waals surface area contributed by atoms with Crippen molar-refractivity contribution in [1.82, 2.24) is 4.90 Å².